The highest BCUT2D eigenvalue weighted by Gasteiger charge is 2.30. The topological polar surface area (TPSA) is 38.7 Å². The molecule has 2 rings (SSSR count). The van der Waals surface area contributed by atoms with Crippen LogP contribution in [0.3, 0.4) is 0 Å². The molecule has 1 aromatic carbocycles. The zero-order chi connectivity index (χ0) is 14.0. The molecule has 0 saturated carbocycles. The van der Waals surface area contributed by atoms with Gasteiger partial charge in [0, 0.05) is 6.42 Å². The number of halogens is 5. The lowest BCUT2D eigenvalue weighted by Gasteiger charge is -2.08. The zero-order valence-corrected chi connectivity index (χ0v) is 10.8. The van der Waals surface area contributed by atoms with E-state index in [9.17, 15) is 13.2 Å². The summed E-state index contributed by atoms with van der Waals surface area (Å²) in [6, 6.07) is 4.89. The molecule has 8 heteroatoms. The van der Waals surface area contributed by atoms with Crippen LogP contribution < -0.4 is 0 Å². The van der Waals surface area contributed by atoms with Crippen LogP contribution in [-0.4, -0.2) is 15.0 Å². The Morgan fingerprint density at radius 3 is 2.21 bits per heavy atom. The summed E-state index contributed by atoms with van der Waals surface area (Å²) in [4.78, 5) is 11.2. The van der Waals surface area contributed by atoms with E-state index in [4.69, 9.17) is 23.2 Å². The fourth-order valence-electron chi connectivity index (χ4n) is 1.48. The van der Waals surface area contributed by atoms with Crippen LogP contribution in [0.4, 0.5) is 13.2 Å². The predicted octanol–water partition coefficient (Wildman–Crippen LogP) is 3.79. The Kier molecular flexibility index (Phi) is 3.91. The highest BCUT2D eigenvalue weighted by Crippen LogP contribution is 2.29. The van der Waals surface area contributed by atoms with Crippen molar-refractivity contribution in [2.24, 2.45) is 0 Å². The first-order chi connectivity index (χ1) is 8.84. The average molecular weight is 308 g/mol. The van der Waals surface area contributed by atoms with Crippen molar-refractivity contribution in [3.05, 3.63) is 51.8 Å². The van der Waals surface area contributed by atoms with Crippen LogP contribution in [0.5, 0.6) is 0 Å². The lowest BCUT2D eigenvalue weighted by Crippen LogP contribution is -2.06. The molecule has 1 heterocycles. The van der Waals surface area contributed by atoms with Gasteiger partial charge in [0.05, 0.1) is 5.56 Å². The van der Waals surface area contributed by atoms with Crippen LogP contribution in [0.25, 0.3) is 0 Å². The molecule has 0 unspecified atom stereocenters. The van der Waals surface area contributed by atoms with Gasteiger partial charge in [0.15, 0.2) is 0 Å². The second kappa shape index (κ2) is 5.30. The van der Waals surface area contributed by atoms with E-state index >= 15 is 0 Å². The fourth-order valence-corrected chi connectivity index (χ4v) is 1.88. The number of benzene rings is 1. The molecule has 2 aromatic rings. The van der Waals surface area contributed by atoms with Crippen LogP contribution in [0.15, 0.2) is 24.3 Å². The first-order valence-electron chi connectivity index (χ1n) is 5.07. The Morgan fingerprint density at radius 2 is 1.63 bits per heavy atom. The van der Waals surface area contributed by atoms with Crippen molar-refractivity contribution in [1.29, 1.82) is 0 Å². The molecule has 0 aliphatic heterocycles. The van der Waals surface area contributed by atoms with Gasteiger partial charge >= 0.3 is 6.18 Å². The van der Waals surface area contributed by atoms with E-state index in [1.807, 2.05) is 0 Å². The molecule has 100 valence electrons. The zero-order valence-electron chi connectivity index (χ0n) is 9.25. The van der Waals surface area contributed by atoms with E-state index < -0.39 is 11.7 Å². The highest BCUT2D eigenvalue weighted by atomic mass is 35.5. The summed E-state index contributed by atoms with van der Waals surface area (Å²) in [5, 5.41) is -0.191. The Balaban J connectivity index is 2.28. The van der Waals surface area contributed by atoms with Crippen molar-refractivity contribution in [1.82, 2.24) is 15.0 Å². The van der Waals surface area contributed by atoms with Crippen LogP contribution in [0.1, 0.15) is 17.0 Å². The molecule has 19 heavy (non-hydrogen) atoms. The van der Waals surface area contributed by atoms with Gasteiger partial charge in [0.2, 0.25) is 10.6 Å². The summed E-state index contributed by atoms with van der Waals surface area (Å²) in [5.41, 5.74) is -0.315. The summed E-state index contributed by atoms with van der Waals surface area (Å²) in [6.45, 7) is 0. The van der Waals surface area contributed by atoms with E-state index in [1.165, 1.54) is 6.07 Å². The third-order valence-electron chi connectivity index (χ3n) is 2.24. The van der Waals surface area contributed by atoms with E-state index in [2.05, 4.69) is 15.0 Å². The van der Waals surface area contributed by atoms with Gasteiger partial charge in [0.1, 0.15) is 5.82 Å². The average Bonchev–Trinajstić information content (AvgIpc) is 2.26. The summed E-state index contributed by atoms with van der Waals surface area (Å²) in [5.74, 6) is 0.212. The standard InChI is InChI=1S/C11H6Cl2F3N3/c12-9-17-8(18-10(13)19-9)5-6-2-1-3-7(4-6)11(14,15)16/h1-4H,5H2. The van der Waals surface area contributed by atoms with Gasteiger partial charge < -0.3 is 0 Å². The normalized spacial score (nSPS) is 11.6. The molecule has 0 radical (unpaired) electrons. The Morgan fingerprint density at radius 1 is 1.00 bits per heavy atom. The van der Waals surface area contributed by atoms with Gasteiger partial charge in [-0.1, -0.05) is 18.2 Å². The highest BCUT2D eigenvalue weighted by molar-refractivity contribution is 6.30. The number of rotatable bonds is 2. The minimum Gasteiger partial charge on any atom is -0.202 e. The fraction of sp³-hybridized carbons (Fsp3) is 0.182. The maximum absolute atomic E-state index is 12.6. The molecule has 0 atom stereocenters. The number of aromatic nitrogens is 3. The van der Waals surface area contributed by atoms with Gasteiger partial charge in [-0.15, -0.1) is 0 Å². The van der Waals surface area contributed by atoms with Crippen molar-refractivity contribution in [3.63, 3.8) is 0 Å². The number of hydrogen-bond acceptors (Lipinski definition) is 3. The van der Waals surface area contributed by atoms with E-state index in [1.54, 1.807) is 6.07 Å². The smallest absolute Gasteiger partial charge is 0.202 e. The van der Waals surface area contributed by atoms with Gasteiger partial charge in [-0.3, -0.25) is 0 Å². The molecular formula is C11H6Cl2F3N3. The largest absolute Gasteiger partial charge is 0.416 e. The minimum absolute atomic E-state index is 0.0892. The van der Waals surface area contributed by atoms with Crippen molar-refractivity contribution >= 4 is 23.2 Å². The molecule has 3 nitrogen and oxygen atoms in total. The van der Waals surface area contributed by atoms with E-state index in [-0.39, 0.29) is 22.8 Å². The van der Waals surface area contributed by atoms with Crippen molar-refractivity contribution in [2.45, 2.75) is 12.6 Å². The molecule has 0 fully saturated rings. The van der Waals surface area contributed by atoms with Crippen LogP contribution in [0, 0.1) is 0 Å². The number of alkyl halides is 3. The number of hydrogen-bond donors (Lipinski definition) is 0. The van der Waals surface area contributed by atoms with Gasteiger partial charge in [-0.25, -0.2) is 9.97 Å². The quantitative estimate of drug-likeness (QED) is 0.847. The van der Waals surface area contributed by atoms with Crippen molar-refractivity contribution in [3.8, 4) is 0 Å². The predicted molar refractivity (Wildman–Crippen MR) is 64.1 cm³/mol. The first kappa shape index (κ1) is 14.0. The summed E-state index contributed by atoms with van der Waals surface area (Å²) in [7, 11) is 0. The van der Waals surface area contributed by atoms with Crippen molar-refractivity contribution in [2.75, 3.05) is 0 Å². The Hall–Kier alpha value is -1.40. The molecule has 0 saturated heterocycles. The Bertz CT molecular complexity index is 582. The maximum atomic E-state index is 12.6. The van der Waals surface area contributed by atoms with Crippen LogP contribution in [0.2, 0.25) is 10.6 Å². The lowest BCUT2D eigenvalue weighted by molar-refractivity contribution is -0.137. The molecule has 0 bridgehead atoms. The van der Waals surface area contributed by atoms with Crippen LogP contribution >= 0.6 is 23.2 Å². The molecule has 0 spiro atoms. The molecular weight excluding hydrogens is 302 g/mol. The molecule has 0 aliphatic rings. The van der Waals surface area contributed by atoms with E-state index in [0.717, 1.165) is 12.1 Å². The summed E-state index contributed by atoms with van der Waals surface area (Å²) in [6.07, 6.45) is -4.30. The first-order valence-corrected chi connectivity index (χ1v) is 5.82. The molecule has 1 aromatic heterocycles. The van der Waals surface area contributed by atoms with E-state index in [0.29, 0.717) is 5.56 Å². The third-order valence-corrected chi connectivity index (χ3v) is 2.58. The second-order valence-corrected chi connectivity index (χ2v) is 4.34. The number of nitrogens with zero attached hydrogens (tertiary/aromatic N) is 3. The lowest BCUT2D eigenvalue weighted by atomic mass is 10.1. The van der Waals surface area contributed by atoms with Crippen LogP contribution in [-0.2, 0) is 12.6 Å². The monoisotopic (exact) mass is 307 g/mol. The molecule has 0 aliphatic carbocycles. The summed E-state index contributed by atoms with van der Waals surface area (Å²) < 4.78 is 37.7. The van der Waals surface area contributed by atoms with Gasteiger partial charge in [0.25, 0.3) is 0 Å². The van der Waals surface area contributed by atoms with Gasteiger partial charge in [-0.2, -0.15) is 18.2 Å². The summed E-state index contributed by atoms with van der Waals surface area (Å²) >= 11 is 11.2. The van der Waals surface area contributed by atoms with Gasteiger partial charge in [-0.05, 0) is 34.8 Å². The molecule has 0 amide bonds. The maximum Gasteiger partial charge on any atom is 0.416 e. The Labute approximate surface area is 116 Å². The molecule has 0 N–H and O–H groups in total. The SMILES string of the molecule is FC(F)(F)c1cccc(Cc2nc(Cl)nc(Cl)n2)c1. The second-order valence-electron chi connectivity index (χ2n) is 3.66. The minimum atomic E-state index is -4.38. The third kappa shape index (κ3) is 3.78. The van der Waals surface area contributed by atoms with Crippen molar-refractivity contribution < 1.29 is 13.2 Å².